The van der Waals surface area contributed by atoms with E-state index in [0.29, 0.717) is 0 Å². The summed E-state index contributed by atoms with van der Waals surface area (Å²) in [4.78, 5) is 4.30. The highest BCUT2D eigenvalue weighted by Crippen LogP contribution is 1.98. The van der Waals surface area contributed by atoms with Crippen LogP contribution in [-0.2, 0) is 26.7 Å². The summed E-state index contributed by atoms with van der Waals surface area (Å²) in [5.41, 5.74) is 1.05. The summed E-state index contributed by atoms with van der Waals surface area (Å²) >= 11 is 0. The molecule has 0 unspecified atom stereocenters. The van der Waals surface area contributed by atoms with E-state index >= 15 is 0 Å². The molecule has 2 heterocycles. The maximum Gasteiger partial charge on any atom is 0.122 e. The third kappa shape index (κ3) is 2.49. The number of aryl methyl sites for hydroxylation is 2. The second-order valence-corrected chi connectivity index (χ2v) is 3.71. The van der Waals surface area contributed by atoms with Crippen molar-refractivity contribution in [3.63, 3.8) is 0 Å². The van der Waals surface area contributed by atoms with Crippen molar-refractivity contribution in [1.82, 2.24) is 24.6 Å². The molecule has 5 nitrogen and oxygen atoms in total. The van der Waals surface area contributed by atoms with Gasteiger partial charge in [0.25, 0.3) is 0 Å². The van der Waals surface area contributed by atoms with Gasteiger partial charge in [-0.2, -0.15) is 5.10 Å². The van der Waals surface area contributed by atoms with Crippen LogP contribution in [0.1, 0.15) is 18.4 Å². The Bertz CT molecular complexity index is 443. The molecule has 0 aliphatic rings. The molecule has 1 N–H and O–H groups in total. The number of hydrogen-bond acceptors (Lipinski definition) is 3. The summed E-state index contributed by atoms with van der Waals surface area (Å²) in [6.45, 7) is 4.62. The van der Waals surface area contributed by atoms with Crippen LogP contribution in [0.4, 0.5) is 0 Å². The fourth-order valence-electron chi connectivity index (χ4n) is 1.65. The summed E-state index contributed by atoms with van der Waals surface area (Å²) in [6.07, 6.45) is 5.78. The minimum Gasteiger partial charge on any atom is -0.334 e. The fraction of sp³-hybridized carbons (Fsp3) is 0.455. The maximum atomic E-state index is 4.30. The van der Waals surface area contributed by atoms with Gasteiger partial charge >= 0.3 is 0 Å². The van der Waals surface area contributed by atoms with E-state index in [4.69, 9.17) is 0 Å². The largest absolute Gasteiger partial charge is 0.334 e. The van der Waals surface area contributed by atoms with Gasteiger partial charge in [-0.25, -0.2) is 4.98 Å². The molecule has 0 bridgehead atoms. The molecule has 0 aromatic carbocycles. The van der Waals surface area contributed by atoms with Crippen molar-refractivity contribution in [2.45, 2.75) is 26.6 Å². The van der Waals surface area contributed by atoms with E-state index in [1.807, 2.05) is 36.4 Å². The number of rotatable bonds is 5. The van der Waals surface area contributed by atoms with E-state index in [2.05, 4.69) is 26.9 Å². The molecule has 0 saturated carbocycles. The Kier molecular flexibility index (Phi) is 3.36. The first kappa shape index (κ1) is 10.9. The summed E-state index contributed by atoms with van der Waals surface area (Å²) in [5.74, 6) is 1.07. The third-order valence-corrected chi connectivity index (χ3v) is 2.50. The van der Waals surface area contributed by atoms with E-state index < -0.39 is 0 Å². The second kappa shape index (κ2) is 4.94. The molecule has 0 radical (unpaired) electrons. The second-order valence-electron chi connectivity index (χ2n) is 3.71. The number of imidazole rings is 1. The number of hydrogen-bond donors (Lipinski definition) is 1. The molecule has 2 aromatic heterocycles. The van der Waals surface area contributed by atoms with Crippen LogP contribution in [0.3, 0.4) is 0 Å². The molecule has 0 fully saturated rings. The molecule has 2 rings (SSSR count). The predicted octanol–water partition coefficient (Wildman–Crippen LogP) is 0.926. The molecule has 5 heteroatoms. The molecule has 0 spiro atoms. The van der Waals surface area contributed by atoms with E-state index in [-0.39, 0.29) is 0 Å². The average molecular weight is 219 g/mol. The molecule has 0 atom stereocenters. The lowest BCUT2D eigenvalue weighted by Crippen LogP contribution is -2.16. The Hall–Kier alpha value is -1.62. The molecular weight excluding hydrogens is 202 g/mol. The van der Waals surface area contributed by atoms with Crippen molar-refractivity contribution in [3.05, 3.63) is 36.2 Å². The Labute approximate surface area is 95.1 Å². The van der Waals surface area contributed by atoms with Crippen molar-refractivity contribution in [1.29, 1.82) is 0 Å². The minimum absolute atomic E-state index is 0.775. The van der Waals surface area contributed by atoms with Crippen LogP contribution in [0.15, 0.2) is 24.7 Å². The first-order chi connectivity index (χ1) is 7.79. The highest BCUT2D eigenvalue weighted by molar-refractivity contribution is 4.99. The quantitative estimate of drug-likeness (QED) is 0.813. The van der Waals surface area contributed by atoms with Gasteiger partial charge in [0.15, 0.2) is 0 Å². The van der Waals surface area contributed by atoms with Crippen molar-refractivity contribution in [2.75, 3.05) is 0 Å². The van der Waals surface area contributed by atoms with Gasteiger partial charge in [0.1, 0.15) is 5.82 Å². The lowest BCUT2D eigenvalue weighted by Gasteiger charge is -2.05. The molecule has 86 valence electrons. The van der Waals surface area contributed by atoms with E-state index in [1.54, 1.807) is 0 Å². The lowest BCUT2D eigenvalue weighted by molar-refractivity contribution is 0.600. The van der Waals surface area contributed by atoms with Gasteiger partial charge in [0.05, 0.1) is 12.2 Å². The summed E-state index contributed by atoms with van der Waals surface area (Å²) in [7, 11) is 1.92. The third-order valence-electron chi connectivity index (χ3n) is 2.50. The number of nitrogens with one attached hydrogen (secondary N) is 1. The normalized spacial score (nSPS) is 10.9. The zero-order valence-corrected chi connectivity index (χ0v) is 9.72. The van der Waals surface area contributed by atoms with Gasteiger partial charge < -0.3 is 9.88 Å². The van der Waals surface area contributed by atoms with Gasteiger partial charge in [-0.1, -0.05) is 0 Å². The van der Waals surface area contributed by atoms with Crippen LogP contribution in [0.5, 0.6) is 0 Å². The summed E-state index contributed by atoms with van der Waals surface area (Å²) in [5, 5.41) is 7.63. The molecular formula is C11H17N5. The van der Waals surface area contributed by atoms with Gasteiger partial charge in [-0.05, 0) is 13.0 Å². The molecule has 0 amide bonds. The first-order valence-corrected chi connectivity index (χ1v) is 5.49. The average Bonchev–Trinajstić information content (AvgIpc) is 2.87. The van der Waals surface area contributed by atoms with Crippen LogP contribution in [-0.4, -0.2) is 19.3 Å². The van der Waals surface area contributed by atoms with Crippen LogP contribution in [0.25, 0.3) is 0 Å². The maximum absolute atomic E-state index is 4.30. The van der Waals surface area contributed by atoms with Crippen LogP contribution in [0, 0.1) is 0 Å². The zero-order chi connectivity index (χ0) is 11.4. The monoisotopic (exact) mass is 219 g/mol. The fourth-order valence-corrected chi connectivity index (χ4v) is 1.65. The topological polar surface area (TPSA) is 47.7 Å². The first-order valence-electron chi connectivity index (χ1n) is 5.49. The molecule has 2 aromatic rings. The Morgan fingerprint density at radius 2 is 2.19 bits per heavy atom. The van der Waals surface area contributed by atoms with Gasteiger partial charge in [0.2, 0.25) is 0 Å². The van der Waals surface area contributed by atoms with E-state index in [9.17, 15) is 0 Å². The van der Waals surface area contributed by atoms with Crippen LogP contribution >= 0.6 is 0 Å². The standard InChI is InChI=1S/C11H17N5/c1-3-16-7-5-13-11(16)9-12-8-10-4-6-15(2)14-10/h4-7,12H,3,8-9H2,1-2H3. The number of aromatic nitrogens is 4. The van der Waals surface area contributed by atoms with E-state index in [1.165, 1.54) is 0 Å². The molecule has 16 heavy (non-hydrogen) atoms. The SMILES string of the molecule is CCn1ccnc1CNCc1ccn(C)n1. The summed E-state index contributed by atoms with van der Waals surface area (Å²) < 4.78 is 3.94. The van der Waals surface area contributed by atoms with Crippen LogP contribution < -0.4 is 5.32 Å². The Morgan fingerprint density at radius 3 is 2.88 bits per heavy atom. The van der Waals surface area contributed by atoms with Crippen LogP contribution in [0.2, 0.25) is 0 Å². The number of nitrogens with zero attached hydrogens (tertiary/aromatic N) is 4. The zero-order valence-electron chi connectivity index (χ0n) is 9.72. The van der Waals surface area contributed by atoms with Crippen molar-refractivity contribution in [2.24, 2.45) is 7.05 Å². The van der Waals surface area contributed by atoms with Crippen molar-refractivity contribution < 1.29 is 0 Å². The Balaban J connectivity index is 1.84. The van der Waals surface area contributed by atoms with Gasteiger partial charge in [-0.3, -0.25) is 4.68 Å². The van der Waals surface area contributed by atoms with Gasteiger partial charge in [-0.15, -0.1) is 0 Å². The molecule has 0 saturated heterocycles. The highest BCUT2D eigenvalue weighted by Gasteiger charge is 2.01. The van der Waals surface area contributed by atoms with Crippen molar-refractivity contribution in [3.8, 4) is 0 Å². The Morgan fingerprint density at radius 1 is 1.31 bits per heavy atom. The smallest absolute Gasteiger partial charge is 0.122 e. The highest BCUT2D eigenvalue weighted by atomic mass is 15.3. The van der Waals surface area contributed by atoms with E-state index in [0.717, 1.165) is 31.2 Å². The molecule has 0 aliphatic carbocycles. The summed E-state index contributed by atoms with van der Waals surface area (Å²) in [6, 6.07) is 2.01. The minimum atomic E-state index is 0.775. The lowest BCUT2D eigenvalue weighted by atomic mass is 10.4. The van der Waals surface area contributed by atoms with Gasteiger partial charge in [0, 0.05) is 38.7 Å². The van der Waals surface area contributed by atoms with Crippen molar-refractivity contribution >= 4 is 0 Å². The predicted molar refractivity (Wildman–Crippen MR) is 61.7 cm³/mol. The molecule has 0 aliphatic heterocycles.